The van der Waals surface area contributed by atoms with Gasteiger partial charge in [0.05, 0.1) is 22.4 Å². The topological polar surface area (TPSA) is 37.8 Å². The molecule has 0 aliphatic heterocycles. The average molecular weight is 233 g/mol. The first kappa shape index (κ1) is 11.2. The van der Waals surface area contributed by atoms with E-state index in [2.05, 4.69) is 20.7 Å². The van der Waals surface area contributed by atoms with Crippen LogP contribution in [0.1, 0.15) is 22.4 Å². The van der Waals surface area contributed by atoms with Crippen LogP contribution in [0.3, 0.4) is 0 Å². The van der Waals surface area contributed by atoms with Crippen LogP contribution in [0.25, 0.3) is 0 Å². The van der Waals surface area contributed by atoms with E-state index in [9.17, 15) is 0 Å². The second-order valence-electron chi connectivity index (χ2n) is 3.66. The number of hydrogen-bond acceptors (Lipinski definition) is 4. The van der Waals surface area contributed by atoms with Gasteiger partial charge in [-0.15, -0.1) is 11.3 Å². The van der Waals surface area contributed by atoms with Crippen LogP contribution in [0.2, 0.25) is 0 Å². The molecule has 0 bridgehead atoms. The normalized spacial score (nSPS) is 12.6. The highest BCUT2D eigenvalue weighted by molar-refractivity contribution is 7.09. The van der Waals surface area contributed by atoms with Gasteiger partial charge < -0.3 is 5.32 Å². The summed E-state index contributed by atoms with van der Waals surface area (Å²) in [5.41, 5.74) is 2.20. The zero-order chi connectivity index (χ0) is 11.4. The SMILES string of the molecule is CNC(Cc1csc(C)n1)c1ccccn1. The van der Waals surface area contributed by atoms with Gasteiger partial charge in [0.1, 0.15) is 0 Å². The number of aromatic nitrogens is 2. The highest BCUT2D eigenvalue weighted by Gasteiger charge is 2.12. The van der Waals surface area contributed by atoms with Crippen LogP contribution in [0, 0.1) is 6.92 Å². The number of nitrogens with one attached hydrogen (secondary N) is 1. The zero-order valence-electron chi connectivity index (χ0n) is 9.47. The van der Waals surface area contributed by atoms with E-state index in [0.29, 0.717) is 0 Å². The van der Waals surface area contributed by atoms with E-state index in [-0.39, 0.29) is 6.04 Å². The Morgan fingerprint density at radius 3 is 2.88 bits per heavy atom. The molecule has 2 aromatic heterocycles. The summed E-state index contributed by atoms with van der Waals surface area (Å²) in [4.78, 5) is 8.84. The van der Waals surface area contributed by atoms with E-state index in [0.717, 1.165) is 22.8 Å². The highest BCUT2D eigenvalue weighted by Crippen LogP contribution is 2.17. The summed E-state index contributed by atoms with van der Waals surface area (Å²) in [5, 5.41) is 6.51. The van der Waals surface area contributed by atoms with Gasteiger partial charge in [0.15, 0.2) is 0 Å². The molecule has 84 valence electrons. The molecule has 0 aromatic carbocycles. The van der Waals surface area contributed by atoms with E-state index in [1.807, 2.05) is 38.4 Å². The maximum Gasteiger partial charge on any atom is 0.0897 e. The van der Waals surface area contributed by atoms with Crippen molar-refractivity contribution in [2.75, 3.05) is 7.05 Å². The standard InChI is InChI=1S/C12H15N3S/c1-9-15-10(8-16-9)7-12(13-2)11-5-3-4-6-14-11/h3-6,8,12-13H,7H2,1-2H3. The Balaban J connectivity index is 2.12. The Labute approximate surface area is 99.6 Å². The molecule has 2 heterocycles. The van der Waals surface area contributed by atoms with Gasteiger partial charge in [0.25, 0.3) is 0 Å². The summed E-state index contributed by atoms with van der Waals surface area (Å²) < 4.78 is 0. The minimum atomic E-state index is 0.239. The minimum absolute atomic E-state index is 0.239. The van der Waals surface area contributed by atoms with Crippen LogP contribution in [-0.2, 0) is 6.42 Å². The van der Waals surface area contributed by atoms with E-state index in [1.165, 1.54) is 0 Å². The molecule has 0 radical (unpaired) electrons. The maximum absolute atomic E-state index is 4.47. The molecule has 16 heavy (non-hydrogen) atoms. The second kappa shape index (κ2) is 5.18. The molecule has 1 atom stereocenters. The predicted molar refractivity (Wildman–Crippen MR) is 66.6 cm³/mol. The maximum atomic E-state index is 4.47. The largest absolute Gasteiger partial charge is 0.311 e. The van der Waals surface area contributed by atoms with Crippen molar-refractivity contribution in [3.63, 3.8) is 0 Å². The first-order valence-corrected chi connectivity index (χ1v) is 6.17. The lowest BCUT2D eigenvalue weighted by Crippen LogP contribution is -2.20. The van der Waals surface area contributed by atoms with Crippen LogP contribution >= 0.6 is 11.3 Å². The Hall–Kier alpha value is -1.26. The van der Waals surface area contributed by atoms with Crippen LogP contribution in [0.15, 0.2) is 29.8 Å². The third kappa shape index (κ3) is 2.65. The van der Waals surface area contributed by atoms with Crippen molar-refractivity contribution in [1.29, 1.82) is 0 Å². The van der Waals surface area contributed by atoms with E-state index in [1.54, 1.807) is 11.3 Å². The number of hydrogen-bond donors (Lipinski definition) is 1. The van der Waals surface area contributed by atoms with Crippen molar-refractivity contribution in [2.24, 2.45) is 0 Å². The Morgan fingerprint density at radius 2 is 2.31 bits per heavy atom. The number of nitrogens with zero attached hydrogens (tertiary/aromatic N) is 2. The average Bonchev–Trinajstić information content (AvgIpc) is 2.73. The first-order chi connectivity index (χ1) is 7.79. The predicted octanol–water partition coefficient (Wildman–Crippen LogP) is 2.35. The molecule has 0 aliphatic carbocycles. The number of thiazole rings is 1. The van der Waals surface area contributed by atoms with Crippen LogP contribution in [0.4, 0.5) is 0 Å². The molecule has 1 unspecified atom stereocenters. The molecule has 0 spiro atoms. The third-order valence-electron chi connectivity index (χ3n) is 2.47. The Kier molecular flexibility index (Phi) is 3.64. The van der Waals surface area contributed by atoms with Gasteiger partial charge in [-0.2, -0.15) is 0 Å². The summed E-state index contributed by atoms with van der Waals surface area (Å²) in [7, 11) is 1.96. The lowest BCUT2D eigenvalue weighted by atomic mass is 10.1. The van der Waals surface area contributed by atoms with Crippen molar-refractivity contribution >= 4 is 11.3 Å². The van der Waals surface area contributed by atoms with Gasteiger partial charge in [0.2, 0.25) is 0 Å². The van der Waals surface area contributed by atoms with Crippen molar-refractivity contribution in [3.8, 4) is 0 Å². The van der Waals surface area contributed by atoms with Gasteiger partial charge in [-0.1, -0.05) is 6.07 Å². The third-order valence-corrected chi connectivity index (χ3v) is 3.30. The van der Waals surface area contributed by atoms with E-state index >= 15 is 0 Å². The Bertz CT molecular complexity index is 439. The molecule has 0 aliphatic rings. The molecule has 2 aromatic rings. The van der Waals surface area contributed by atoms with E-state index in [4.69, 9.17) is 0 Å². The second-order valence-corrected chi connectivity index (χ2v) is 4.72. The number of pyridine rings is 1. The van der Waals surface area contributed by atoms with Crippen molar-refractivity contribution < 1.29 is 0 Å². The minimum Gasteiger partial charge on any atom is -0.311 e. The monoisotopic (exact) mass is 233 g/mol. The Morgan fingerprint density at radius 1 is 1.44 bits per heavy atom. The molecule has 4 heteroatoms. The lowest BCUT2D eigenvalue weighted by Gasteiger charge is -2.13. The molecule has 1 N–H and O–H groups in total. The molecule has 2 rings (SSSR count). The van der Waals surface area contributed by atoms with Gasteiger partial charge >= 0.3 is 0 Å². The van der Waals surface area contributed by atoms with Gasteiger partial charge in [0, 0.05) is 18.0 Å². The van der Waals surface area contributed by atoms with Crippen molar-refractivity contribution in [3.05, 3.63) is 46.2 Å². The molecule has 0 amide bonds. The smallest absolute Gasteiger partial charge is 0.0897 e. The fourth-order valence-corrected chi connectivity index (χ4v) is 2.27. The van der Waals surface area contributed by atoms with Gasteiger partial charge in [-0.3, -0.25) is 4.98 Å². The quantitative estimate of drug-likeness (QED) is 0.881. The molecule has 0 saturated heterocycles. The molecular weight excluding hydrogens is 218 g/mol. The van der Waals surface area contributed by atoms with Crippen molar-refractivity contribution in [1.82, 2.24) is 15.3 Å². The van der Waals surface area contributed by atoms with Gasteiger partial charge in [-0.05, 0) is 26.1 Å². The number of likely N-dealkylation sites (N-methyl/N-ethyl adjacent to an activating group) is 1. The summed E-state index contributed by atoms with van der Waals surface area (Å²) >= 11 is 1.69. The lowest BCUT2D eigenvalue weighted by molar-refractivity contribution is 0.570. The fraction of sp³-hybridized carbons (Fsp3) is 0.333. The number of aryl methyl sites for hydroxylation is 1. The summed E-state index contributed by atoms with van der Waals surface area (Å²) in [6.07, 6.45) is 2.71. The zero-order valence-corrected chi connectivity index (χ0v) is 10.3. The van der Waals surface area contributed by atoms with Crippen molar-refractivity contribution in [2.45, 2.75) is 19.4 Å². The van der Waals surface area contributed by atoms with Gasteiger partial charge in [-0.25, -0.2) is 4.98 Å². The highest BCUT2D eigenvalue weighted by atomic mass is 32.1. The van der Waals surface area contributed by atoms with E-state index < -0.39 is 0 Å². The summed E-state index contributed by atoms with van der Waals surface area (Å²) in [5.74, 6) is 0. The summed E-state index contributed by atoms with van der Waals surface area (Å²) in [6.45, 7) is 2.03. The molecule has 3 nitrogen and oxygen atoms in total. The molecule has 0 saturated carbocycles. The van der Waals surface area contributed by atoms with Crippen LogP contribution in [0.5, 0.6) is 0 Å². The van der Waals surface area contributed by atoms with Crippen LogP contribution < -0.4 is 5.32 Å². The number of rotatable bonds is 4. The molecular formula is C12H15N3S. The van der Waals surface area contributed by atoms with Crippen LogP contribution in [-0.4, -0.2) is 17.0 Å². The fourth-order valence-electron chi connectivity index (χ4n) is 1.65. The first-order valence-electron chi connectivity index (χ1n) is 5.29. The summed E-state index contributed by atoms with van der Waals surface area (Å²) in [6, 6.07) is 6.23. The molecule has 0 fully saturated rings.